The van der Waals surface area contributed by atoms with Crippen molar-refractivity contribution < 1.29 is 29.3 Å². The number of nitrogens with one attached hydrogen (secondary N) is 1. The molecule has 0 bridgehead atoms. The van der Waals surface area contributed by atoms with Gasteiger partial charge in [-0.15, -0.1) is 0 Å². The molecule has 22 heavy (non-hydrogen) atoms. The SMILES string of the molecule is COCCOc1ccc(Cl)cc1C(=O)NCC(C)(O)C(=O)O. The van der Waals surface area contributed by atoms with E-state index in [1.807, 2.05) is 0 Å². The number of aliphatic carboxylic acids is 1. The number of benzene rings is 1. The van der Waals surface area contributed by atoms with Gasteiger partial charge in [0.1, 0.15) is 12.4 Å². The number of hydrogen-bond acceptors (Lipinski definition) is 5. The predicted molar refractivity (Wildman–Crippen MR) is 79.4 cm³/mol. The van der Waals surface area contributed by atoms with Crippen LogP contribution in [0.25, 0.3) is 0 Å². The molecule has 0 aromatic heterocycles. The second-order valence-electron chi connectivity index (χ2n) is 4.74. The summed E-state index contributed by atoms with van der Waals surface area (Å²) in [6, 6.07) is 4.49. The molecule has 0 aliphatic carbocycles. The summed E-state index contributed by atoms with van der Waals surface area (Å²) in [5.74, 6) is -1.75. The van der Waals surface area contributed by atoms with Gasteiger partial charge in [0.25, 0.3) is 5.91 Å². The van der Waals surface area contributed by atoms with E-state index >= 15 is 0 Å². The van der Waals surface area contributed by atoms with Crippen LogP contribution in [0, 0.1) is 0 Å². The minimum Gasteiger partial charge on any atom is -0.490 e. The normalized spacial score (nSPS) is 13.3. The Bertz CT molecular complexity index is 546. The van der Waals surface area contributed by atoms with Crippen LogP contribution in [0.5, 0.6) is 5.75 Å². The molecular weight excluding hydrogens is 314 g/mol. The molecule has 0 fully saturated rings. The van der Waals surface area contributed by atoms with E-state index in [1.54, 1.807) is 6.07 Å². The van der Waals surface area contributed by atoms with Gasteiger partial charge >= 0.3 is 5.97 Å². The number of hydrogen-bond donors (Lipinski definition) is 3. The number of rotatable bonds is 8. The fraction of sp³-hybridized carbons (Fsp3) is 0.429. The Morgan fingerprint density at radius 2 is 2.05 bits per heavy atom. The monoisotopic (exact) mass is 331 g/mol. The molecule has 1 rings (SSSR count). The smallest absolute Gasteiger partial charge is 0.337 e. The number of carbonyl (C=O) groups is 2. The number of carboxylic acid groups (broad SMARTS) is 1. The van der Waals surface area contributed by atoms with Gasteiger partial charge in [-0.25, -0.2) is 4.79 Å². The van der Waals surface area contributed by atoms with Crippen molar-refractivity contribution in [3.8, 4) is 5.75 Å². The number of halogens is 1. The second-order valence-corrected chi connectivity index (χ2v) is 5.18. The first-order valence-corrected chi connectivity index (χ1v) is 6.81. The minimum atomic E-state index is -2.06. The summed E-state index contributed by atoms with van der Waals surface area (Å²) in [5.41, 5.74) is -1.92. The van der Waals surface area contributed by atoms with Gasteiger partial charge in [0.2, 0.25) is 0 Å². The van der Waals surface area contributed by atoms with Crippen molar-refractivity contribution in [1.82, 2.24) is 5.32 Å². The quantitative estimate of drug-likeness (QED) is 0.612. The van der Waals surface area contributed by atoms with Crippen LogP contribution in [-0.2, 0) is 9.53 Å². The fourth-order valence-electron chi connectivity index (χ4n) is 1.46. The van der Waals surface area contributed by atoms with Crippen molar-refractivity contribution in [3.05, 3.63) is 28.8 Å². The van der Waals surface area contributed by atoms with Crippen LogP contribution in [0.1, 0.15) is 17.3 Å². The van der Waals surface area contributed by atoms with E-state index in [9.17, 15) is 14.7 Å². The van der Waals surface area contributed by atoms with E-state index in [0.717, 1.165) is 6.92 Å². The molecule has 0 aliphatic rings. The van der Waals surface area contributed by atoms with Gasteiger partial charge in [-0.3, -0.25) is 4.79 Å². The maximum Gasteiger partial charge on any atom is 0.337 e. The second kappa shape index (κ2) is 7.98. The first kappa shape index (κ1) is 18.2. The number of aliphatic hydroxyl groups is 1. The molecule has 8 heteroatoms. The molecule has 1 aromatic carbocycles. The van der Waals surface area contributed by atoms with E-state index in [4.69, 9.17) is 26.2 Å². The van der Waals surface area contributed by atoms with Crippen molar-refractivity contribution in [1.29, 1.82) is 0 Å². The first-order valence-electron chi connectivity index (χ1n) is 6.43. The van der Waals surface area contributed by atoms with E-state index < -0.39 is 24.0 Å². The summed E-state index contributed by atoms with van der Waals surface area (Å²) in [7, 11) is 1.52. The van der Waals surface area contributed by atoms with Gasteiger partial charge in [-0.1, -0.05) is 11.6 Å². The topological polar surface area (TPSA) is 105 Å². The van der Waals surface area contributed by atoms with Crippen molar-refractivity contribution in [2.24, 2.45) is 0 Å². The Balaban J connectivity index is 2.82. The van der Waals surface area contributed by atoms with Crippen molar-refractivity contribution in [2.45, 2.75) is 12.5 Å². The van der Waals surface area contributed by atoms with Crippen LogP contribution in [0.15, 0.2) is 18.2 Å². The first-order chi connectivity index (χ1) is 10.3. The summed E-state index contributed by atoms with van der Waals surface area (Å²) in [5, 5.41) is 21.1. The highest BCUT2D eigenvalue weighted by Gasteiger charge is 2.30. The fourth-order valence-corrected chi connectivity index (χ4v) is 1.64. The van der Waals surface area contributed by atoms with Gasteiger partial charge in [0.15, 0.2) is 5.60 Å². The zero-order chi connectivity index (χ0) is 16.8. The van der Waals surface area contributed by atoms with E-state index in [0.29, 0.717) is 11.6 Å². The van der Waals surface area contributed by atoms with Crippen molar-refractivity contribution in [2.75, 3.05) is 26.9 Å². The molecule has 1 atom stereocenters. The number of ether oxygens (including phenoxy) is 2. The number of methoxy groups -OCH3 is 1. The third-order valence-corrected chi connectivity index (χ3v) is 3.02. The van der Waals surface area contributed by atoms with Crippen molar-refractivity contribution >= 4 is 23.5 Å². The Morgan fingerprint density at radius 3 is 2.64 bits per heavy atom. The van der Waals surface area contributed by atoms with E-state index in [-0.39, 0.29) is 17.9 Å². The van der Waals surface area contributed by atoms with Crippen LogP contribution in [0.4, 0.5) is 0 Å². The van der Waals surface area contributed by atoms with Crippen LogP contribution in [0.3, 0.4) is 0 Å². The Hall–Kier alpha value is -1.83. The maximum absolute atomic E-state index is 12.1. The molecule has 0 radical (unpaired) electrons. The largest absolute Gasteiger partial charge is 0.490 e. The summed E-state index contributed by atoms with van der Waals surface area (Å²) in [4.78, 5) is 22.9. The lowest BCUT2D eigenvalue weighted by Gasteiger charge is -2.19. The molecule has 122 valence electrons. The van der Waals surface area contributed by atoms with Gasteiger partial charge in [0.05, 0.1) is 18.7 Å². The number of carbonyl (C=O) groups excluding carboxylic acids is 1. The lowest BCUT2D eigenvalue weighted by atomic mass is 10.1. The number of carboxylic acids is 1. The molecule has 0 saturated carbocycles. The highest BCUT2D eigenvalue weighted by molar-refractivity contribution is 6.31. The van der Waals surface area contributed by atoms with E-state index in [1.165, 1.54) is 19.2 Å². The molecule has 3 N–H and O–H groups in total. The Labute approximate surface area is 132 Å². The van der Waals surface area contributed by atoms with Gasteiger partial charge in [-0.05, 0) is 25.1 Å². The Morgan fingerprint density at radius 1 is 1.36 bits per heavy atom. The highest BCUT2D eigenvalue weighted by Crippen LogP contribution is 2.23. The minimum absolute atomic E-state index is 0.143. The van der Waals surface area contributed by atoms with Crippen LogP contribution < -0.4 is 10.1 Å². The summed E-state index contributed by atoms with van der Waals surface area (Å²) in [6.45, 7) is 1.22. The van der Waals surface area contributed by atoms with Crippen LogP contribution in [0.2, 0.25) is 5.02 Å². The molecule has 7 nitrogen and oxygen atoms in total. The molecule has 0 spiro atoms. The molecule has 0 aliphatic heterocycles. The predicted octanol–water partition coefficient (Wildman–Crippen LogP) is 0.931. The Kier molecular flexibility index (Phi) is 6.61. The zero-order valence-corrected chi connectivity index (χ0v) is 13.0. The highest BCUT2D eigenvalue weighted by atomic mass is 35.5. The maximum atomic E-state index is 12.1. The molecule has 1 aromatic rings. The average Bonchev–Trinajstić information content (AvgIpc) is 2.46. The van der Waals surface area contributed by atoms with Gasteiger partial charge in [0, 0.05) is 12.1 Å². The third kappa shape index (κ3) is 5.18. The van der Waals surface area contributed by atoms with Gasteiger partial charge in [-0.2, -0.15) is 0 Å². The van der Waals surface area contributed by atoms with E-state index in [2.05, 4.69) is 5.32 Å². The molecule has 1 amide bonds. The third-order valence-electron chi connectivity index (χ3n) is 2.79. The van der Waals surface area contributed by atoms with Crippen LogP contribution in [-0.4, -0.2) is 54.6 Å². The molecular formula is C14H18ClNO6. The van der Waals surface area contributed by atoms with Crippen molar-refractivity contribution in [3.63, 3.8) is 0 Å². The van der Waals surface area contributed by atoms with Gasteiger partial charge < -0.3 is 25.0 Å². The summed E-state index contributed by atoms with van der Waals surface area (Å²) < 4.78 is 10.3. The molecule has 1 unspecified atom stereocenters. The average molecular weight is 332 g/mol. The standard InChI is InChI=1S/C14H18ClNO6/c1-14(20,13(18)19)8-16-12(17)10-7-9(15)3-4-11(10)22-6-5-21-2/h3-4,7,20H,5-6,8H2,1-2H3,(H,16,17)(H,18,19). The number of amides is 1. The summed E-state index contributed by atoms with van der Waals surface area (Å²) >= 11 is 5.86. The molecule has 0 saturated heterocycles. The lowest BCUT2D eigenvalue weighted by Crippen LogP contribution is -2.46. The van der Waals surface area contributed by atoms with Crippen LogP contribution >= 0.6 is 11.6 Å². The molecule has 0 heterocycles. The lowest BCUT2D eigenvalue weighted by molar-refractivity contribution is -0.155. The zero-order valence-electron chi connectivity index (χ0n) is 12.3. The summed E-state index contributed by atoms with van der Waals surface area (Å²) in [6.07, 6.45) is 0.